The molecule has 0 saturated carbocycles. The molecule has 1 unspecified atom stereocenters. The Balaban J connectivity index is 1.68. The van der Waals surface area contributed by atoms with Crippen molar-refractivity contribution in [2.24, 2.45) is 0 Å². The Bertz CT molecular complexity index is 1570. The Hall–Kier alpha value is -3.86. The third kappa shape index (κ3) is 3.59. The van der Waals surface area contributed by atoms with Gasteiger partial charge in [0.1, 0.15) is 11.4 Å². The van der Waals surface area contributed by atoms with Crippen molar-refractivity contribution >= 4 is 55.3 Å². The molecule has 194 valence electrons. The van der Waals surface area contributed by atoms with Gasteiger partial charge in [-0.1, -0.05) is 15.9 Å². The molecule has 10 nitrogen and oxygen atoms in total. The predicted octanol–water partition coefficient (Wildman–Crippen LogP) is 4.61. The van der Waals surface area contributed by atoms with Gasteiger partial charge in [-0.15, -0.1) is 0 Å². The Morgan fingerprint density at radius 2 is 1.78 bits per heavy atom. The molecule has 0 bridgehead atoms. The smallest absolute Gasteiger partial charge is 0.340 e. The third-order valence-electron chi connectivity index (χ3n) is 6.84. The van der Waals surface area contributed by atoms with E-state index in [9.17, 15) is 14.7 Å². The topological polar surface area (TPSA) is 126 Å². The lowest BCUT2D eigenvalue weighted by atomic mass is 9.96. The molecule has 3 N–H and O–H groups in total. The quantitative estimate of drug-likeness (QED) is 0.228. The van der Waals surface area contributed by atoms with E-state index in [0.29, 0.717) is 73.6 Å². The minimum Gasteiger partial charge on any atom is -0.506 e. The molecule has 1 aliphatic heterocycles. The number of carbonyl (C=O) groups excluding carboxylic acids is 2. The van der Waals surface area contributed by atoms with E-state index in [4.69, 9.17) is 18.9 Å². The number of aromatic amines is 2. The van der Waals surface area contributed by atoms with Gasteiger partial charge < -0.3 is 38.9 Å². The number of hydrogen-bond donors (Lipinski definition) is 3. The molecule has 0 spiro atoms. The van der Waals surface area contributed by atoms with Crippen LogP contribution in [0.3, 0.4) is 0 Å². The number of benzene rings is 2. The maximum absolute atomic E-state index is 13.9. The molecule has 37 heavy (non-hydrogen) atoms. The molecule has 0 fully saturated rings. The molecule has 1 aliphatic rings. The van der Waals surface area contributed by atoms with Gasteiger partial charge in [0.2, 0.25) is 5.75 Å². The van der Waals surface area contributed by atoms with Crippen LogP contribution in [0.25, 0.3) is 21.8 Å². The molecule has 0 saturated heterocycles. The Morgan fingerprint density at radius 1 is 1.05 bits per heavy atom. The van der Waals surface area contributed by atoms with Crippen LogP contribution in [0.4, 0.5) is 5.69 Å². The molecular weight excluding hydrogens is 546 g/mol. The number of esters is 1. The van der Waals surface area contributed by atoms with Crippen LogP contribution in [-0.4, -0.2) is 67.3 Å². The molecule has 1 amide bonds. The summed E-state index contributed by atoms with van der Waals surface area (Å²) in [5, 5.41) is 12.7. The maximum Gasteiger partial charge on any atom is 0.340 e. The number of aromatic hydroxyl groups is 1. The van der Waals surface area contributed by atoms with Gasteiger partial charge >= 0.3 is 5.97 Å². The molecule has 1 atom stereocenters. The first-order valence-corrected chi connectivity index (χ1v) is 12.6. The third-order valence-corrected chi connectivity index (χ3v) is 7.62. The number of phenols is 1. The largest absolute Gasteiger partial charge is 0.506 e. The van der Waals surface area contributed by atoms with Crippen LogP contribution in [0, 0.1) is 6.92 Å². The number of aryl methyl sites for hydroxylation is 1. The second-order valence-corrected chi connectivity index (χ2v) is 9.40. The normalized spacial score (nSPS) is 14.8. The van der Waals surface area contributed by atoms with E-state index in [1.807, 2.05) is 0 Å². The van der Waals surface area contributed by atoms with Gasteiger partial charge in [-0.25, -0.2) is 4.79 Å². The lowest BCUT2D eigenvalue weighted by molar-refractivity contribution is 0.0602. The number of nitrogens with one attached hydrogen (secondary N) is 2. The van der Waals surface area contributed by atoms with Gasteiger partial charge in [0.15, 0.2) is 11.5 Å². The van der Waals surface area contributed by atoms with Crippen LogP contribution in [0.2, 0.25) is 0 Å². The fourth-order valence-electron chi connectivity index (χ4n) is 5.22. The van der Waals surface area contributed by atoms with Crippen LogP contribution in [0.5, 0.6) is 23.0 Å². The highest BCUT2D eigenvalue weighted by Gasteiger charge is 2.38. The summed E-state index contributed by atoms with van der Waals surface area (Å²) in [4.78, 5) is 34.4. The van der Waals surface area contributed by atoms with Crippen molar-refractivity contribution in [3.05, 3.63) is 40.7 Å². The summed E-state index contributed by atoms with van der Waals surface area (Å²) in [5.41, 5.74) is 3.60. The number of anilines is 1. The molecule has 4 aromatic rings. The summed E-state index contributed by atoms with van der Waals surface area (Å²) in [6.07, 6.45) is 0. The van der Waals surface area contributed by atoms with E-state index in [0.717, 1.165) is 5.56 Å². The molecule has 2 aromatic heterocycles. The van der Waals surface area contributed by atoms with Gasteiger partial charge in [-0.05, 0) is 24.6 Å². The second-order valence-electron chi connectivity index (χ2n) is 8.75. The van der Waals surface area contributed by atoms with Crippen molar-refractivity contribution < 1.29 is 33.6 Å². The zero-order chi connectivity index (χ0) is 26.6. The lowest BCUT2D eigenvalue weighted by Crippen LogP contribution is -2.30. The number of fused-ring (bicyclic) bond motifs is 4. The number of halogens is 1. The van der Waals surface area contributed by atoms with Crippen LogP contribution < -0.4 is 19.1 Å². The van der Waals surface area contributed by atoms with Crippen molar-refractivity contribution in [1.29, 1.82) is 0 Å². The van der Waals surface area contributed by atoms with E-state index in [1.54, 1.807) is 30.0 Å². The highest BCUT2D eigenvalue weighted by Crippen LogP contribution is 2.48. The van der Waals surface area contributed by atoms with Crippen LogP contribution in [-0.2, 0) is 4.74 Å². The summed E-state index contributed by atoms with van der Waals surface area (Å²) in [6, 6.07) is 5.05. The number of alkyl halides is 1. The van der Waals surface area contributed by atoms with E-state index in [2.05, 4.69) is 25.9 Å². The van der Waals surface area contributed by atoms with Crippen molar-refractivity contribution in [3.8, 4) is 23.0 Å². The number of H-pyrrole nitrogens is 2. The SMILES string of the molecule is COC(=O)c1c(C)[nH]c2c(O)cc3c(c12)C(CBr)CN3C(=O)c1cc2cc(OC)c(OC)c(OC)c2[nH]1. The Kier molecular flexibility index (Phi) is 6.18. The number of ether oxygens (including phenoxy) is 4. The Morgan fingerprint density at radius 3 is 2.41 bits per heavy atom. The highest BCUT2D eigenvalue weighted by atomic mass is 79.9. The number of aromatic nitrogens is 2. The average Bonchev–Trinajstić information content (AvgIpc) is 3.59. The number of amides is 1. The second kappa shape index (κ2) is 9.22. The minimum atomic E-state index is -0.514. The fraction of sp³-hybridized carbons (Fsp3) is 0.308. The van der Waals surface area contributed by atoms with Gasteiger partial charge in [0.05, 0.1) is 50.7 Å². The standard InChI is InChI=1S/C26H26BrN3O7/c1-11-18(26(33)37-5)20-19-13(9-27)10-30(15(19)8-16(31)22(20)28-11)25(32)14-6-12-7-17(34-2)23(35-3)24(36-4)21(12)29-14/h6-8,13,28-29,31H,9-10H2,1-5H3. The first kappa shape index (κ1) is 24.8. The lowest BCUT2D eigenvalue weighted by Gasteiger charge is -2.17. The molecule has 0 radical (unpaired) electrons. The van der Waals surface area contributed by atoms with Gasteiger partial charge in [-0.3, -0.25) is 4.79 Å². The van der Waals surface area contributed by atoms with E-state index in [-0.39, 0.29) is 17.6 Å². The van der Waals surface area contributed by atoms with Crippen LogP contribution >= 0.6 is 15.9 Å². The molecule has 3 heterocycles. The zero-order valence-corrected chi connectivity index (χ0v) is 22.5. The predicted molar refractivity (Wildman–Crippen MR) is 142 cm³/mol. The summed E-state index contributed by atoms with van der Waals surface area (Å²) in [7, 11) is 5.88. The summed E-state index contributed by atoms with van der Waals surface area (Å²) >= 11 is 3.57. The van der Waals surface area contributed by atoms with E-state index < -0.39 is 5.97 Å². The van der Waals surface area contributed by atoms with Crippen molar-refractivity contribution in [2.45, 2.75) is 12.8 Å². The number of hydrogen-bond acceptors (Lipinski definition) is 7. The monoisotopic (exact) mass is 571 g/mol. The number of rotatable bonds is 6. The number of methoxy groups -OCH3 is 4. The average molecular weight is 572 g/mol. The Labute approximate surface area is 220 Å². The summed E-state index contributed by atoms with van der Waals surface area (Å²) in [5.74, 6) is 0.302. The highest BCUT2D eigenvalue weighted by molar-refractivity contribution is 9.09. The van der Waals surface area contributed by atoms with Gasteiger partial charge in [-0.2, -0.15) is 0 Å². The van der Waals surface area contributed by atoms with Gasteiger partial charge in [0.25, 0.3) is 5.91 Å². The number of nitrogens with zero attached hydrogens (tertiary/aromatic N) is 1. The fourth-order valence-corrected chi connectivity index (χ4v) is 5.75. The molecule has 0 aliphatic carbocycles. The number of carbonyl (C=O) groups is 2. The minimum absolute atomic E-state index is 0.0622. The van der Waals surface area contributed by atoms with Crippen molar-refractivity contribution in [2.75, 3.05) is 45.2 Å². The first-order chi connectivity index (χ1) is 17.8. The van der Waals surface area contributed by atoms with Crippen molar-refractivity contribution in [1.82, 2.24) is 9.97 Å². The number of phenolic OH excluding ortho intramolecular Hbond substituents is 1. The van der Waals surface area contributed by atoms with Crippen LogP contribution in [0.15, 0.2) is 18.2 Å². The summed E-state index contributed by atoms with van der Waals surface area (Å²) in [6.45, 7) is 2.10. The molecular formula is C26H26BrN3O7. The van der Waals surface area contributed by atoms with E-state index in [1.165, 1.54) is 28.4 Å². The van der Waals surface area contributed by atoms with Crippen LogP contribution in [0.1, 0.15) is 38.0 Å². The first-order valence-electron chi connectivity index (χ1n) is 11.4. The van der Waals surface area contributed by atoms with E-state index >= 15 is 0 Å². The summed E-state index contributed by atoms with van der Waals surface area (Å²) < 4.78 is 21.5. The van der Waals surface area contributed by atoms with Crippen molar-refractivity contribution in [3.63, 3.8) is 0 Å². The van der Waals surface area contributed by atoms with Gasteiger partial charge in [0, 0.05) is 40.3 Å². The molecule has 5 rings (SSSR count). The molecule has 2 aromatic carbocycles. The zero-order valence-electron chi connectivity index (χ0n) is 20.9. The molecule has 11 heteroatoms. The maximum atomic E-state index is 13.9.